The van der Waals surface area contributed by atoms with Gasteiger partial charge in [0.05, 0.1) is 28.0 Å². The van der Waals surface area contributed by atoms with Crippen LogP contribution < -0.4 is 15.8 Å². The van der Waals surface area contributed by atoms with Gasteiger partial charge in [0, 0.05) is 29.1 Å². The number of anilines is 2. The van der Waals surface area contributed by atoms with Gasteiger partial charge < -0.3 is 15.8 Å². The molecule has 4 aromatic rings. The van der Waals surface area contributed by atoms with Crippen molar-refractivity contribution in [2.24, 2.45) is 0 Å². The van der Waals surface area contributed by atoms with Crippen LogP contribution in [0.5, 0.6) is 5.75 Å². The molecule has 0 saturated carbocycles. The van der Waals surface area contributed by atoms with Crippen molar-refractivity contribution >= 4 is 78.8 Å². The van der Waals surface area contributed by atoms with Crippen LogP contribution in [0.15, 0.2) is 45.1 Å². The molecule has 0 saturated heterocycles. The van der Waals surface area contributed by atoms with Gasteiger partial charge in [-0.3, -0.25) is 14.9 Å². The minimum atomic E-state index is -0.428. The van der Waals surface area contributed by atoms with Crippen LogP contribution in [0.25, 0.3) is 10.2 Å². The number of carbonyl (C=O) groups excluding carboxylic acids is 1. The predicted molar refractivity (Wildman–Crippen MR) is 133 cm³/mol. The van der Waals surface area contributed by atoms with Crippen molar-refractivity contribution in [2.75, 3.05) is 23.9 Å². The van der Waals surface area contributed by atoms with Crippen molar-refractivity contribution in [3.63, 3.8) is 0 Å². The topological polar surface area (TPSA) is 146 Å². The first kappa shape index (κ1) is 23.2. The number of ether oxygens (including phenoxy) is 1. The number of thiazole rings is 1. The van der Waals surface area contributed by atoms with Crippen molar-refractivity contribution < 1.29 is 14.5 Å². The van der Waals surface area contributed by atoms with Crippen molar-refractivity contribution in [3.8, 4) is 5.75 Å². The fourth-order valence-electron chi connectivity index (χ4n) is 2.78. The van der Waals surface area contributed by atoms with Crippen LogP contribution in [0.2, 0.25) is 0 Å². The summed E-state index contributed by atoms with van der Waals surface area (Å²) in [6.07, 6.45) is 0. The Labute approximate surface area is 204 Å². The lowest BCUT2D eigenvalue weighted by molar-refractivity contribution is -0.384. The Balaban J connectivity index is 1.40. The molecule has 4 rings (SSSR count). The number of benzene rings is 2. The second-order valence-corrected chi connectivity index (χ2v) is 10.9. The highest BCUT2D eigenvalue weighted by atomic mass is 32.2. The van der Waals surface area contributed by atoms with Gasteiger partial charge in [-0.05, 0) is 24.3 Å². The summed E-state index contributed by atoms with van der Waals surface area (Å²) >= 11 is 5.46. The molecule has 2 aromatic heterocycles. The van der Waals surface area contributed by atoms with E-state index in [0.29, 0.717) is 26.7 Å². The van der Waals surface area contributed by atoms with Crippen molar-refractivity contribution in [2.45, 2.75) is 14.4 Å². The Morgan fingerprint density at radius 1 is 1.18 bits per heavy atom. The van der Waals surface area contributed by atoms with Crippen LogP contribution >= 0.6 is 46.2 Å². The van der Waals surface area contributed by atoms with E-state index in [2.05, 4.69) is 20.5 Å². The van der Waals surface area contributed by atoms with Gasteiger partial charge in [-0.15, -0.1) is 21.5 Å². The lowest BCUT2D eigenvalue weighted by Crippen LogP contribution is -2.13. The first-order valence-electron chi connectivity index (χ1n) is 9.27. The molecule has 0 spiro atoms. The predicted octanol–water partition coefficient (Wildman–Crippen LogP) is 4.67. The van der Waals surface area contributed by atoms with E-state index >= 15 is 0 Å². The van der Waals surface area contributed by atoms with Crippen LogP contribution in [-0.4, -0.2) is 38.9 Å². The summed E-state index contributed by atoms with van der Waals surface area (Å²) < 4.78 is 7.70. The third-order valence-electron chi connectivity index (χ3n) is 4.23. The summed E-state index contributed by atoms with van der Waals surface area (Å²) in [5.41, 5.74) is 7.76. The number of nitrogens with zero attached hydrogens (tertiary/aromatic N) is 4. The molecule has 2 aromatic carbocycles. The van der Waals surface area contributed by atoms with Crippen LogP contribution in [0.3, 0.4) is 0 Å². The molecule has 14 heteroatoms. The second-order valence-electron chi connectivity index (χ2n) is 6.45. The highest BCUT2D eigenvalue weighted by Gasteiger charge is 2.14. The minimum absolute atomic E-state index is 0.0174. The number of nitrogens with one attached hydrogen (secondary N) is 1. The third kappa shape index (κ3) is 5.90. The highest BCUT2D eigenvalue weighted by molar-refractivity contribution is 8.01. The highest BCUT2D eigenvalue weighted by Crippen LogP contribution is 2.35. The standard InChI is InChI=1S/C19H16N6O4S4/c1-29-14-5-3-12(25(27)28)6-10(14)8-30-18-22-13-4-2-11(7-15(13)32-18)21-16(26)9-31-19-24-23-17(20)33-19/h2-7H,8-9H2,1H3,(H2,20,23)(H,21,26). The molecule has 3 N–H and O–H groups in total. The molecule has 10 nitrogen and oxygen atoms in total. The van der Waals surface area contributed by atoms with Crippen molar-refractivity contribution in [1.82, 2.24) is 15.2 Å². The number of nitro benzene ring substituents is 1. The number of aromatic nitrogens is 3. The Morgan fingerprint density at radius 3 is 2.76 bits per heavy atom. The van der Waals surface area contributed by atoms with Gasteiger partial charge >= 0.3 is 0 Å². The lowest BCUT2D eigenvalue weighted by Gasteiger charge is -2.06. The summed E-state index contributed by atoms with van der Waals surface area (Å²) in [5, 5.41) is 21.9. The number of hydrogen-bond acceptors (Lipinski definition) is 12. The van der Waals surface area contributed by atoms with E-state index < -0.39 is 4.92 Å². The van der Waals surface area contributed by atoms with Crippen LogP contribution in [-0.2, 0) is 10.5 Å². The van der Waals surface area contributed by atoms with E-state index in [4.69, 9.17) is 10.5 Å². The lowest BCUT2D eigenvalue weighted by atomic mass is 10.2. The fourth-order valence-corrected chi connectivity index (χ4v) is 6.30. The van der Waals surface area contributed by atoms with Crippen LogP contribution in [0.4, 0.5) is 16.5 Å². The van der Waals surface area contributed by atoms with E-state index in [1.54, 1.807) is 12.1 Å². The second kappa shape index (κ2) is 10.3. The molecule has 2 heterocycles. The van der Waals surface area contributed by atoms with Gasteiger partial charge in [0.25, 0.3) is 5.69 Å². The first-order chi connectivity index (χ1) is 15.9. The van der Waals surface area contributed by atoms with Crippen molar-refractivity contribution in [1.29, 1.82) is 0 Å². The molecule has 0 aliphatic carbocycles. The molecule has 0 unspecified atom stereocenters. The largest absolute Gasteiger partial charge is 0.496 e. The Bertz CT molecular complexity index is 1320. The van der Waals surface area contributed by atoms with Gasteiger partial charge in [0.15, 0.2) is 8.68 Å². The number of non-ortho nitro benzene ring substituents is 1. The zero-order chi connectivity index (χ0) is 23.4. The SMILES string of the molecule is COc1ccc([N+](=O)[O-])cc1CSc1nc2ccc(NC(=O)CSc3nnc(N)s3)cc2s1. The maximum atomic E-state index is 12.2. The minimum Gasteiger partial charge on any atom is -0.496 e. The number of amides is 1. The van der Waals surface area contributed by atoms with E-state index in [1.165, 1.54) is 65.4 Å². The number of methoxy groups -OCH3 is 1. The van der Waals surface area contributed by atoms with Gasteiger partial charge in [0.1, 0.15) is 5.75 Å². The molecule has 0 aliphatic rings. The quantitative estimate of drug-likeness (QED) is 0.181. The van der Waals surface area contributed by atoms with Crippen LogP contribution in [0.1, 0.15) is 5.56 Å². The number of nitrogens with two attached hydrogens (primary N) is 1. The Morgan fingerprint density at radius 2 is 2.03 bits per heavy atom. The molecule has 0 radical (unpaired) electrons. The fraction of sp³-hybridized carbons (Fsp3) is 0.158. The molecule has 33 heavy (non-hydrogen) atoms. The Hall–Kier alpha value is -2.94. The van der Waals surface area contributed by atoms with Gasteiger partial charge in [-0.2, -0.15) is 0 Å². The maximum Gasteiger partial charge on any atom is 0.270 e. The number of thioether (sulfide) groups is 2. The number of hydrogen-bond donors (Lipinski definition) is 2. The summed E-state index contributed by atoms with van der Waals surface area (Å²) in [5.74, 6) is 1.10. The number of nitrogen functional groups attached to an aromatic ring is 1. The molecule has 0 bridgehead atoms. The maximum absolute atomic E-state index is 12.2. The van der Waals surface area contributed by atoms with Gasteiger partial charge in [0.2, 0.25) is 11.0 Å². The van der Waals surface area contributed by atoms with E-state index in [9.17, 15) is 14.9 Å². The molecule has 0 atom stereocenters. The normalized spacial score (nSPS) is 10.9. The van der Waals surface area contributed by atoms with E-state index in [0.717, 1.165) is 20.1 Å². The number of nitro groups is 1. The molecule has 0 fully saturated rings. The number of rotatable bonds is 9. The van der Waals surface area contributed by atoms with Gasteiger partial charge in [-0.1, -0.05) is 34.9 Å². The molecule has 0 aliphatic heterocycles. The van der Waals surface area contributed by atoms with Crippen LogP contribution in [0, 0.1) is 10.1 Å². The molecular weight excluding hydrogens is 505 g/mol. The first-order valence-corrected chi connectivity index (χ1v) is 12.9. The number of carbonyl (C=O) groups is 1. The monoisotopic (exact) mass is 520 g/mol. The van der Waals surface area contributed by atoms with Gasteiger partial charge in [-0.25, -0.2) is 4.98 Å². The summed E-state index contributed by atoms with van der Waals surface area (Å²) in [7, 11) is 1.53. The summed E-state index contributed by atoms with van der Waals surface area (Å²) in [4.78, 5) is 27.5. The number of fused-ring (bicyclic) bond motifs is 1. The molecule has 170 valence electrons. The summed E-state index contributed by atoms with van der Waals surface area (Å²) in [6, 6.07) is 10.0. The molecular formula is C19H16N6O4S4. The zero-order valence-corrected chi connectivity index (χ0v) is 20.3. The summed E-state index contributed by atoms with van der Waals surface area (Å²) in [6.45, 7) is 0. The molecule has 1 amide bonds. The zero-order valence-electron chi connectivity index (χ0n) is 17.0. The van der Waals surface area contributed by atoms with Crippen molar-refractivity contribution in [3.05, 3.63) is 52.1 Å². The smallest absolute Gasteiger partial charge is 0.270 e. The van der Waals surface area contributed by atoms with E-state index in [1.807, 2.05) is 12.1 Å². The Kier molecular flexibility index (Phi) is 7.27. The average molecular weight is 521 g/mol. The third-order valence-corrected chi connectivity index (χ3v) is 8.32. The average Bonchev–Trinajstić information content (AvgIpc) is 3.41. The van der Waals surface area contributed by atoms with E-state index in [-0.39, 0.29) is 17.3 Å².